The molecule has 0 aliphatic heterocycles. The molecule has 39 heavy (non-hydrogen) atoms. The van der Waals surface area contributed by atoms with E-state index in [2.05, 4.69) is 31.2 Å². The summed E-state index contributed by atoms with van der Waals surface area (Å²) >= 11 is 0. The quantitative estimate of drug-likeness (QED) is 0.198. The highest BCUT2D eigenvalue weighted by molar-refractivity contribution is 7.89. The zero-order valence-corrected chi connectivity index (χ0v) is 22.6. The fraction of sp³-hybridized carbons (Fsp3) is 0.219. The van der Waals surface area contributed by atoms with E-state index in [9.17, 15) is 18.3 Å². The Morgan fingerprint density at radius 1 is 0.821 bits per heavy atom. The molecule has 1 heterocycles. The molecule has 0 saturated heterocycles. The Bertz CT molecular complexity index is 1690. The van der Waals surface area contributed by atoms with Crippen molar-refractivity contribution < 1.29 is 22.7 Å². The van der Waals surface area contributed by atoms with Crippen LogP contribution >= 0.6 is 0 Å². The monoisotopic (exact) mass is 541 g/mol. The lowest BCUT2D eigenvalue weighted by molar-refractivity contribution is -0.141. The number of fused-ring (bicyclic) bond motifs is 3. The first kappa shape index (κ1) is 26.7. The van der Waals surface area contributed by atoms with Gasteiger partial charge in [-0.3, -0.25) is 4.79 Å². The topological polar surface area (TPSA) is 87.8 Å². The fourth-order valence-electron chi connectivity index (χ4n) is 4.96. The van der Waals surface area contributed by atoms with Gasteiger partial charge < -0.3 is 9.52 Å². The van der Waals surface area contributed by atoms with Crippen molar-refractivity contribution in [3.8, 4) is 0 Å². The molecule has 5 rings (SSSR count). The van der Waals surface area contributed by atoms with E-state index < -0.39 is 22.0 Å². The van der Waals surface area contributed by atoms with Crippen LogP contribution in [-0.2, 0) is 34.2 Å². The van der Waals surface area contributed by atoms with Crippen molar-refractivity contribution in [3.63, 3.8) is 0 Å². The SMILES string of the molecule is CCc1ccc(CCCC(C(=O)O)N(Cc2ccccc2)S(=O)(=O)c2ccc3oc4ccccc4c3c2)cc1. The first-order valence-corrected chi connectivity index (χ1v) is 14.6. The first-order chi connectivity index (χ1) is 18.9. The summed E-state index contributed by atoms with van der Waals surface area (Å²) in [5.74, 6) is -1.16. The molecule has 0 saturated carbocycles. The van der Waals surface area contributed by atoms with E-state index in [4.69, 9.17) is 4.42 Å². The molecule has 200 valence electrons. The van der Waals surface area contributed by atoms with E-state index in [1.54, 1.807) is 12.1 Å². The summed E-state index contributed by atoms with van der Waals surface area (Å²) in [5, 5.41) is 11.7. The molecule has 0 bridgehead atoms. The van der Waals surface area contributed by atoms with Crippen LogP contribution < -0.4 is 0 Å². The van der Waals surface area contributed by atoms with E-state index in [0.29, 0.717) is 29.4 Å². The lowest BCUT2D eigenvalue weighted by Gasteiger charge is -2.28. The number of hydrogen-bond donors (Lipinski definition) is 1. The van der Waals surface area contributed by atoms with Crippen LogP contribution in [0.1, 0.15) is 36.5 Å². The van der Waals surface area contributed by atoms with E-state index in [0.717, 1.165) is 27.2 Å². The van der Waals surface area contributed by atoms with Gasteiger partial charge in [0.25, 0.3) is 0 Å². The summed E-state index contributed by atoms with van der Waals surface area (Å²) in [6.07, 6.45) is 2.34. The molecular formula is C32H31NO5S. The summed E-state index contributed by atoms with van der Waals surface area (Å²) in [6.45, 7) is 2.05. The largest absolute Gasteiger partial charge is 0.480 e. The molecule has 0 aliphatic rings. The fourth-order valence-corrected chi connectivity index (χ4v) is 6.59. The number of benzene rings is 4. The average molecular weight is 542 g/mol. The first-order valence-electron chi connectivity index (χ1n) is 13.1. The van der Waals surface area contributed by atoms with Crippen molar-refractivity contribution in [2.45, 2.75) is 50.1 Å². The zero-order chi connectivity index (χ0) is 27.4. The van der Waals surface area contributed by atoms with Gasteiger partial charge in [-0.15, -0.1) is 0 Å². The minimum absolute atomic E-state index is 0.0406. The van der Waals surface area contributed by atoms with E-state index in [-0.39, 0.29) is 17.9 Å². The van der Waals surface area contributed by atoms with Crippen LogP contribution in [0.5, 0.6) is 0 Å². The molecule has 1 aromatic heterocycles. The zero-order valence-electron chi connectivity index (χ0n) is 21.8. The smallest absolute Gasteiger partial charge is 0.322 e. The Morgan fingerprint density at radius 2 is 1.49 bits per heavy atom. The minimum atomic E-state index is -4.17. The predicted octanol–water partition coefficient (Wildman–Crippen LogP) is 6.82. The number of para-hydroxylation sites is 1. The number of sulfonamides is 1. The number of nitrogens with zero attached hydrogens (tertiary/aromatic N) is 1. The Kier molecular flexibility index (Phi) is 7.82. The molecule has 7 heteroatoms. The Labute approximate surface area is 228 Å². The van der Waals surface area contributed by atoms with Crippen molar-refractivity contribution in [2.75, 3.05) is 0 Å². The molecule has 0 spiro atoms. The maximum Gasteiger partial charge on any atom is 0.322 e. The number of aryl methyl sites for hydroxylation is 2. The molecule has 0 aliphatic carbocycles. The highest BCUT2D eigenvalue weighted by Gasteiger charge is 2.36. The van der Waals surface area contributed by atoms with Crippen LogP contribution in [0.15, 0.2) is 106 Å². The van der Waals surface area contributed by atoms with Crippen molar-refractivity contribution in [3.05, 3.63) is 114 Å². The summed E-state index contributed by atoms with van der Waals surface area (Å²) < 4.78 is 35.2. The number of hydrogen-bond acceptors (Lipinski definition) is 4. The molecular weight excluding hydrogens is 510 g/mol. The Balaban J connectivity index is 1.48. The second-order valence-electron chi connectivity index (χ2n) is 9.71. The summed E-state index contributed by atoms with van der Waals surface area (Å²) in [6, 6.07) is 28.3. The molecule has 1 N–H and O–H groups in total. The molecule has 6 nitrogen and oxygen atoms in total. The van der Waals surface area contributed by atoms with Gasteiger partial charge in [0.1, 0.15) is 17.2 Å². The number of carboxylic acid groups (broad SMARTS) is 1. The lowest BCUT2D eigenvalue weighted by Crippen LogP contribution is -2.44. The molecule has 1 atom stereocenters. The maximum absolute atomic E-state index is 14.1. The second-order valence-corrected chi connectivity index (χ2v) is 11.6. The third-order valence-electron chi connectivity index (χ3n) is 7.14. The van der Waals surface area contributed by atoms with Gasteiger partial charge in [-0.25, -0.2) is 8.42 Å². The van der Waals surface area contributed by atoms with Crippen LogP contribution in [0.25, 0.3) is 21.9 Å². The Hall–Kier alpha value is -3.94. The Morgan fingerprint density at radius 3 is 2.21 bits per heavy atom. The van der Waals surface area contributed by atoms with Gasteiger partial charge >= 0.3 is 5.97 Å². The average Bonchev–Trinajstić information content (AvgIpc) is 3.33. The van der Waals surface area contributed by atoms with Crippen LogP contribution in [0.4, 0.5) is 0 Å². The standard InChI is InChI=1S/C32H31NO5S/c1-2-23-15-17-24(18-16-23)11-8-13-29(32(34)35)33(22-25-9-4-3-5-10-25)39(36,37)26-19-20-31-28(21-26)27-12-6-7-14-30(27)38-31/h3-7,9-10,12,14-21,29H,2,8,11,13,22H2,1H3,(H,34,35). The van der Waals surface area contributed by atoms with Crippen molar-refractivity contribution in [1.29, 1.82) is 0 Å². The van der Waals surface area contributed by atoms with E-state index in [1.807, 2.05) is 54.6 Å². The van der Waals surface area contributed by atoms with Crippen LogP contribution in [0.2, 0.25) is 0 Å². The highest BCUT2D eigenvalue weighted by atomic mass is 32.2. The van der Waals surface area contributed by atoms with E-state index >= 15 is 0 Å². The van der Waals surface area contributed by atoms with Gasteiger partial charge in [0.05, 0.1) is 4.90 Å². The molecule has 1 unspecified atom stereocenters. The maximum atomic E-state index is 14.1. The van der Waals surface area contributed by atoms with Crippen LogP contribution in [-0.4, -0.2) is 29.8 Å². The summed E-state index contributed by atoms with van der Waals surface area (Å²) in [4.78, 5) is 12.6. The molecule has 0 fully saturated rings. The third kappa shape index (κ3) is 5.75. The van der Waals surface area contributed by atoms with Gasteiger partial charge in [-0.1, -0.05) is 79.7 Å². The molecule has 0 amide bonds. The number of carbonyl (C=O) groups is 1. The highest BCUT2D eigenvalue weighted by Crippen LogP contribution is 2.32. The van der Waals surface area contributed by atoms with Crippen LogP contribution in [0.3, 0.4) is 0 Å². The molecule has 0 radical (unpaired) electrons. The van der Waals surface area contributed by atoms with Crippen LogP contribution in [0, 0.1) is 0 Å². The molecule has 5 aromatic rings. The molecule has 4 aromatic carbocycles. The lowest BCUT2D eigenvalue weighted by atomic mass is 10.0. The number of carboxylic acids is 1. The van der Waals surface area contributed by atoms with Crippen molar-refractivity contribution in [2.24, 2.45) is 0 Å². The normalized spacial score (nSPS) is 12.8. The minimum Gasteiger partial charge on any atom is -0.480 e. The second kappa shape index (κ2) is 11.4. The van der Waals surface area contributed by atoms with Crippen molar-refractivity contribution >= 4 is 37.9 Å². The van der Waals surface area contributed by atoms with Crippen molar-refractivity contribution in [1.82, 2.24) is 4.31 Å². The van der Waals surface area contributed by atoms with Gasteiger partial charge in [0.2, 0.25) is 10.0 Å². The van der Waals surface area contributed by atoms with Gasteiger partial charge in [0.15, 0.2) is 0 Å². The number of aliphatic carboxylic acids is 1. The predicted molar refractivity (Wildman–Crippen MR) is 153 cm³/mol. The third-order valence-corrected chi connectivity index (χ3v) is 8.99. The number of furan rings is 1. The van der Waals surface area contributed by atoms with Gasteiger partial charge in [0, 0.05) is 17.3 Å². The van der Waals surface area contributed by atoms with Gasteiger partial charge in [-0.05, 0) is 66.6 Å². The van der Waals surface area contributed by atoms with Gasteiger partial charge in [-0.2, -0.15) is 4.31 Å². The summed E-state index contributed by atoms with van der Waals surface area (Å²) in [5.41, 5.74) is 4.31. The number of rotatable bonds is 11. The summed E-state index contributed by atoms with van der Waals surface area (Å²) in [7, 11) is -4.17. The van der Waals surface area contributed by atoms with E-state index in [1.165, 1.54) is 11.6 Å².